The smallest absolute Gasteiger partial charge is 0.326 e. The van der Waals surface area contributed by atoms with Gasteiger partial charge in [-0.15, -0.1) is 73.3 Å². The Labute approximate surface area is 776 Å². The standard InChI is InChI=1S/C42H38BN.C34H30BN.C21H23BN4.C18H20BNS3/c1-44(2)32-12-19-42(39-22-20-36(21-23-39)33-13-6-3-7-14-33)43(44,40-28-24-37(25-29-40)34-15-8-4-9-16-34)41-30-26-38(27-31-41)35-17-10-5-11-18-35;1-36(2)32-26-16-15-25-31(32)33(27-17-7-3-8-18-27)34(28-19-9-4-10-20-28)35(36,29-21-11-5-12-22-29)30-23-13-6-14-24-30;1-26(2)17-9-10-18(19-11-3-6-14-23-19)22(26,20-12-4-7-15-24-20)21-13-5-8-16-25-21;1-20(2)11-3-7-15(16-8-4-12-21-16)19(20,17-9-5-13-22-17)18-10-6-14-23-18/h3-11,13-31H,12,32H2,1-2H3;3-26H,1-2H3;3-8,10-16H,9,17H2,1-2H3;4-10,12-14H,3,11H2,1-2H3. The van der Waals surface area contributed by atoms with Gasteiger partial charge in [-0.2, -0.15) is 22.7 Å². The maximum atomic E-state index is 4.83. The van der Waals surface area contributed by atoms with Crippen LogP contribution in [0.1, 0.15) is 52.1 Å². The second-order valence-electron chi connectivity index (χ2n) is 37.2. The summed E-state index contributed by atoms with van der Waals surface area (Å²) in [6, 6.07) is 145. The lowest BCUT2D eigenvalue weighted by Gasteiger charge is -2.61. The van der Waals surface area contributed by atoms with Crippen LogP contribution in [0.5, 0.6) is 0 Å². The fourth-order valence-corrected chi connectivity index (χ4v) is 26.5. The molecule has 636 valence electrons. The van der Waals surface area contributed by atoms with Crippen LogP contribution < -0.4 is 47.0 Å². The Balaban J connectivity index is 0.000000120. The zero-order valence-electron chi connectivity index (χ0n) is 75.2. The van der Waals surface area contributed by atoms with E-state index in [0.717, 1.165) is 66.8 Å². The van der Waals surface area contributed by atoms with E-state index in [1.54, 1.807) is 5.47 Å². The van der Waals surface area contributed by atoms with E-state index in [2.05, 4.69) is 473 Å². The molecule has 0 radical (unpaired) electrons. The van der Waals surface area contributed by atoms with Gasteiger partial charge in [-0.1, -0.05) is 379 Å². The number of para-hydroxylation sites is 1. The average molecular weight is 1730 g/mol. The maximum Gasteiger partial charge on any atom is 0.326 e. The van der Waals surface area contributed by atoms with Crippen molar-refractivity contribution in [2.45, 2.75) is 19.3 Å². The predicted molar refractivity (Wildman–Crippen MR) is 562 cm³/mol. The van der Waals surface area contributed by atoms with Gasteiger partial charge in [0.1, 0.15) is 0 Å². The van der Waals surface area contributed by atoms with E-state index < -0.39 is 25.1 Å². The van der Waals surface area contributed by atoms with Gasteiger partial charge in [0, 0.05) is 125 Å². The average Bonchev–Trinajstić information content (AvgIpc) is 1.20. The van der Waals surface area contributed by atoms with Gasteiger partial charge >= 0.3 is 12.6 Å². The molecule has 0 atom stereocenters. The quantitative estimate of drug-likeness (QED) is 0.0905. The van der Waals surface area contributed by atoms with Gasteiger partial charge in [0.15, 0.2) is 0 Å². The zero-order chi connectivity index (χ0) is 88.5. The molecular weight excluding hydrogens is 1620 g/mol. The van der Waals surface area contributed by atoms with E-state index in [0.29, 0.717) is 0 Å². The number of fused-ring (bicyclic) bond motifs is 1. The highest BCUT2D eigenvalue weighted by molar-refractivity contribution is 7.39. The summed E-state index contributed by atoms with van der Waals surface area (Å²) in [5.41, 5.74) is 29.4. The van der Waals surface area contributed by atoms with Crippen LogP contribution in [-0.4, -0.2) is 129 Å². The first-order valence-electron chi connectivity index (χ1n) is 45.5. The Morgan fingerprint density at radius 2 is 0.597 bits per heavy atom. The molecule has 4 aliphatic rings. The molecule has 0 fully saturated rings. The molecule has 0 unspecified atom stereocenters. The van der Waals surface area contributed by atoms with Crippen molar-refractivity contribution in [3.05, 3.63) is 486 Å². The lowest BCUT2D eigenvalue weighted by Crippen LogP contribution is -2.80. The number of nitrogens with zero attached hydrogens (tertiary/aromatic N) is 7. The molecule has 10 heterocycles. The van der Waals surface area contributed by atoms with Crippen molar-refractivity contribution < 1.29 is 13.2 Å². The molecule has 0 bridgehead atoms. The van der Waals surface area contributed by atoms with Crippen molar-refractivity contribution in [1.29, 1.82) is 0 Å². The van der Waals surface area contributed by atoms with Crippen molar-refractivity contribution >= 4 is 135 Å². The summed E-state index contributed by atoms with van der Waals surface area (Å²) in [7, 11) is 19.1. The van der Waals surface area contributed by atoms with Crippen molar-refractivity contribution in [1.82, 2.24) is 19.3 Å². The van der Waals surface area contributed by atoms with Crippen LogP contribution in [-0.2, 0) is 0 Å². The van der Waals surface area contributed by atoms with Crippen LogP contribution >= 0.6 is 34.0 Å². The molecule has 4 aliphatic heterocycles. The van der Waals surface area contributed by atoms with Gasteiger partial charge in [0.25, 0.3) is 12.6 Å². The first kappa shape index (κ1) is 86.8. The van der Waals surface area contributed by atoms with Crippen LogP contribution in [0.15, 0.2) is 453 Å². The van der Waals surface area contributed by atoms with E-state index in [9.17, 15) is 0 Å². The molecule has 0 N–H and O–H groups in total. The Hall–Kier alpha value is -13.0. The third-order valence-electron chi connectivity index (χ3n) is 29.1. The largest absolute Gasteiger partial charge is 0.509 e. The van der Waals surface area contributed by atoms with Crippen LogP contribution in [0, 0.1) is 0 Å². The van der Waals surface area contributed by atoms with Crippen LogP contribution in [0.2, 0.25) is 0 Å². The van der Waals surface area contributed by atoms with Crippen molar-refractivity contribution in [3.8, 4) is 33.4 Å². The minimum absolute atomic E-state index is 0.727. The molecule has 0 saturated heterocycles. The van der Waals surface area contributed by atoms with E-state index in [-0.39, 0.29) is 0 Å². The lowest BCUT2D eigenvalue weighted by atomic mass is 9.19. The van der Waals surface area contributed by atoms with Crippen molar-refractivity contribution in [2.75, 3.05) is 76.0 Å². The van der Waals surface area contributed by atoms with Gasteiger partial charge in [0.2, 0.25) is 0 Å². The second-order valence-corrected chi connectivity index (χ2v) is 40.1. The number of quaternary nitrogens is 4. The van der Waals surface area contributed by atoms with Gasteiger partial charge in [-0.3, -0.25) is 15.0 Å². The number of hydrogen-bond donors (Lipinski definition) is 0. The minimum Gasteiger partial charge on any atom is -0.509 e. The number of rotatable bonds is 16. The molecule has 0 aliphatic carbocycles. The first-order valence-corrected chi connectivity index (χ1v) is 48.1. The molecule has 7 nitrogen and oxygen atoms in total. The summed E-state index contributed by atoms with van der Waals surface area (Å²) < 4.78 is 6.47. The van der Waals surface area contributed by atoms with Crippen LogP contribution in [0.25, 0.3) is 60.8 Å². The van der Waals surface area contributed by atoms with Crippen molar-refractivity contribution in [3.63, 3.8) is 0 Å². The summed E-state index contributed by atoms with van der Waals surface area (Å²) in [5.74, 6) is 0. The Kier molecular flexibility index (Phi) is 25.1. The van der Waals surface area contributed by atoms with Gasteiger partial charge in [0.05, 0.1) is 5.69 Å². The SMILES string of the molecule is C[N+]1(C)CCC=C(c2ccc(-c3ccccc3)cc2)[B-]1(c1ccc(-c2ccccc2)cc1)c1ccc(-c2ccccc2)cc1.C[N+]1(C)CCC=C(c2ccccn2)[B-]1(c1ccccn1)c1ccccn1.C[N+]1(C)CCC=C(c2cccs2)[B-]1(c1cccs1)c1cccs1.C[N+]1(C)c2ccccc2C(c2ccccc2)=C(c2ccccc2)[B-]1(c1ccccc1)c1ccccc1. The third-order valence-corrected chi connectivity index (χ3v) is 32.1. The highest BCUT2D eigenvalue weighted by Gasteiger charge is 2.56. The number of pyridine rings is 3. The van der Waals surface area contributed by atoms with Gasteiger partial charge in [-0.25, -0.2) is 0 Å². The van der Waals surface area contributed by atoms with Crippen LogP contribution in [0.3, 0.4) is 0 Å². The number of aromatic nitrogens is 3. The van der Waals surface area contributed by atoms with Gasteiger partial charge in [-0.05, 0) is 119 Å². The fourth-order valence-electron chi connectivity index (χ4n) is 23.2. The monoisotopic (exact) mass is 1730 g/mol. The highest BCUT2D eigenvalue weighted by Crippen LogP contribution is 2.51. The molecule has 0 spiro atoms. The predicted octanol–water partition coefficient (Wildman–Crippen LogP) is 21.4. The van der Waals surface area contributed by atoms with E-state index in [1.807, 2.05) is 70.8 Å². The Morgan fingerprint density at radius 3 is 1.02 bits per heavy atom. The molecule has 0 amide bonds. The molecule has 6 aromatic heterocycles. The van der Waals surface area contributed by atoms with Crippen LogP contribution in [0.4, 0.5) is 5.69 Å². The van der Waals surface area contributed by atoms with E-state index in [1.165, 1.54) is 126 Å². The molecule has 14 heteroatoms. The molecule has 129 heavy (non-hydrogen) atoms. The molecular formula is C115H111B4N7S3. The van der Waals surface area contributed by atoms with E-state index >= 15 is 0 Å². The zero-order valence-corrected chi connectivity index (χ0v) is 77.7. The second kappa shape index (κ2) is 37.4. The number of hydrogen-bond acceptors (Lipinski definition) is 6. The van der Waals surface area contributed by atoms with Gasteiger partial charge < -0.3 is 17.6 Å². The number of benzene rings is 11. The maximum absolute atomic E-state index is 4.83. The Morgan fingerprint density at radius 1 is 0.248 bits per heavy atom. The molecule has 21 rings (SSSR count). The highest BCUT2D eigenvalue weighted by atomic mass is 32.1. The summed E-state index contributed by atoms with van der Waals surface area (Å²) >= 11 is 5.70. The summed E-state index contributed by atoms with van der Waals surface area (Å²) in [4.78, 5) is 15.8. The fraction of sp³-hybridized carbons (Fsp3) is 0.122. The topological polar surface area (TPSA) is 38.7 Å². The minimum atomic E-state index is -1.49. The molecule has 11 aromatic carbocycles. The number of thiophene rings is 3. The molecule has 17 aromatic rings. The third kappa shape index (κ3) is 15.9. The molecule has 0 saturated carbocycles. The summed E-state index contributed by atoms with van der Waals surface area (Å²) in [5, 5.41) is 6.66. The first-order chi connectivity index (χ1) is 63.0. The van der Waals surface area contributed by atoms with Crippen molar-refractivity contribution in [2.24, 2.45) is 0 Å². The Bertz CT molecular complexity index is 6510. The van der Waals surface area contributed by atoms with E-state index in [4.69, 9.17) is 15.0 Å². The lowest BCUT2D eigenvalue weighted by molar-refractivity contribution is -0.786. The normalized spacial score (nSPS) is 16.8. The summed E-state index contributed by atoms with van der Waals surface area (Å²) in [6.07, 6.45) is 11.0. The summed E-state index contributed by atoms with van der Waals surface area (Å²) in [6.45, 7) is 3.29.